The molecule has 1 heterocycles. The number of benzene rings is 1. The Morgan fingerprint density at radius 1 is 1.26 bits per heavy atom. The number of amides is 1. The van der Waals surface area contributed by atoms with E-state index in [1.165, 1.54) is 36.2 Å². The van der Waals surface area contributed by atoms with E-state index in [2.05, 4.69) is 20.5 Å². The van der Waals surface area contributed by atoms with Crippen LogP contribution in [0.1, 0.15) is 17.0 Å². The van der Waals surface area contributed by atoms with Crippen molar-refractivity contribution in [3.8, 4) is 11.5 Å². The van der Waals surface area contributed by atoms with Gasteiger partial charge < -0.3 is 10.2 Å². The van der Waals surface area contributed by atoms with Gasteiger partial charge in [0.25, 0.3) is 5.91 Å². The Balaban J connectivity index is 1.86. The van der Waals surface area contributed by atoms with Crippen LogP contribution in [-0.2, 0) is 4.79 Å². The van der Waals surface area contributed by atoms with Crippen molar-refractivity contribution in [1.82, 2.24) is 15.4 Å². The number of aryl methyl sites for hydroxylation is 2. The normalized spacial score (nSPS) is 10.9. The predicted octanol–water partition coefficient (Wildman–Crippen LogP) is 1.75. The van der Waals surface area contributed by atoms with Gasteiger partial charge in [-0.2, -0.15) is 5.10 Å². The van der Waals surface area contributed by atoms with Crippen LogP contribution in [0.25, 0.3) is 0 Å². The minimum absolute atomic E-state index is 0.0477. The fourth-order valence-electron chi connectivity index (χ4n) is 1.74. The van der Waals surface area contributed by atoms with Gasteiger partial charge in [0.2, 0.25) is 0 Å². The number of carbonyl (C=O) groups excluding carboxylic acids is 1. The van der Waals surface area contributed by atoms with Crippen LogP contribution in [0.2, 0.25) is 0 Å². The lowest BCUT2D eigenvalue weighted by molar-refractivity contribution is -0.118. The second-order valence-corrected chi connectivity index (χ2v) is 5.70. The largest absolute Gasteiger partial charge is 0.508 e. The number of thioether (sulfide) groups is 1. The monoisotopic (exact) mass is 332 g/mol. The number of phenolic OH excluding ortho intramolecular Hbond substituents is 2. The van der Waals surface area contributed by atoms with E-state index < -0.39 is 0 Å². The molecule has 0 saturated heterocycles. The molecule has 0 atom stereocenters. The Kier molecular flexibility index (Phi) is 5.53. The van der Waals surface area contributed by atoms with Crippen molar-refractivity contribution >= 4 is 23.9 Å². The van der Waals surface area contributed by atoms with Gasteiger partial charge in [0.15, 0.2) is 5.16 Å². The van der Waals surface area contributed by atoms with E-state index in [0.29, 0.717) is 10.7 Å². The molecule has 3 N–H and O–H groups in total. The van der Waals surface area contributed by atoms with E-state index >= 15 is 0 Å². The summed E-state index contributed by atoms with van der Waals surface area (Å²) in [5.74, 6) is -0.358. The summed E-state index contributed by atoms with van der Waals surface area (Å²) in [5.41, 5.74) is 4.43. The molecular formula is C15H16N4O3S. The molecule has 0 fully saturated rings. The highest BCUT2D eigenvalue weighted by Crippen LogP contribution is 2.20. The van der Waals surface area contributed by atoms with Gasteiger partial charge in [-0.3, -0.25) is 4.79 Å². The number of nitrogens with zero attached hydrogens (tertiary/aromatic N) is 3. The first-order valence-electron chi connectivity index (χ1n) is 6.73. The van der Waals surface area contributed by atoms with Crippen LogP contribution in [0.5, 0.6) is 11.5 Å². The number of hydrogen-bond acceptors (Lipinski definition) is 7. The molecule has 0 aliphatic carbocycles. The molecule has 1 amide bonds. The van der Waals surface area contributed by atoms with E-state index in [1.807, 2.05) is 19.9 Å². The van der Waals surface area contributed by atoms with Crippen molar-refractivity contribution in [1.29, 1.82) is 0 Å². The van der Waals surface area contributed by atoms with Crippen molar-refractivity contribution in [3.05, 3.63) is 41.2 Å². The third-order valence-corrected chi connectivity index (χ3v) is 3.55. The van der Waals surface area contributed by atoms with Crippen LogP contribution >= 0.6 is 11.8 Å². The Bertz CT molecular complexity index is 729. The molecule has 1 aromatic heterocycles. The number of hydrogen-bond donors (Lipinski definition) is 3. The van der Waals surface area contributed by atoms with Crippen LogP contribution in [0, 0.1) is 13.8 Å². The maximum absolute atomic E-state index is 11.7. The van der Waals surface area contributed by atoms with Gasteiger partial charge in [-0.1, -0.05) is 11.8 Å². The van der Waals surface area contributed by atoms with E-state index in [0.717, 1.165) is 11.4 Å². The second-order valence-electron chi connectivity index (χ2n) is 4.76. The highest BCUT2D eigenvalue weighted by Gasteiger charge is 2.05. The number of aromatic hydroxyl groups is 2. The first-order chi connectivity index (χ1) is 10.9. The first kappa shape index (κ1) is 16.8. The van der Waals surface area contributed by atoms with Gasteiger partial charge in [0.1, 0.15) is 11.5 Å². The Morgan fingerprint density at radius 3 is 2.61 bits per heavy atom. The molecule has 0 bridgehead atoms. The molecule has 8 heteroatoms. The zero-order chi connectivity index (χ0) is 16.8. The molecule has 0 aliphatic heterocycles. The molecule has 2 aromatic rings. The molecule has 0 spiro atoms. The van der Waals surface area contributed by atoms with Gasteiger partial charge in [0.05, 0.1) is 12.0 Å². The number of aromatic nitrogens is 2. The lowest BCUT2D eigenvalue weighted by atomic mass is 10.2. The summed E-state index contributed by atoms with van der Waals surface area (Å²) in [6.45, 7) is 3.74. The van der Waals surface area contributed by atoms with Crippen LogP contribution in [0.4, 0.5) is 0 Å². The smallest absolute Gasteiger partial charge is 0.250 e. The molecule has 1 aromatic carbocycles. The minimum Gasteiger partial charge on any atom is -0.508 e. The lowest BCUT2D eigenvalue weighted by Crippen LogP contribution is -2.19. The Hall–Kier alpha value is -2.61. The highest BCUT2D eigenvalue weighted by atomic mass is 32.2. The molecule has 2 rings (SSSR count). The van der Waals surface area contributed by atoms with Gasteiger partial charge in [-0.05, 0) is 32.0 Å². The van der Waals surface area contributed by atoms with Gasteiger partial charge in [0, 0.05) is 23.0 Å². The quantitative estimate of drug-likeness (QED) is 0.333. The van der Waals surface area contributed by atoms with Crippen LogP contribution in [-0.4, -0.2) is 38.1 Å². The van der Waals surface area contributed by atoms with Gasteiger partial charge in [-0.25, -0.2) is 15.4 Å². The summed E-state index contributed by atoms with van der Waals surface area (Å²) in [5, 5.41) is 23.1. The summed E-state index contributed by atoms with van der Waals surface area (Å²) in [7, 11) is 0. The van der Waals surface area contributed by atoms with Crippen molar-refractivity contribution in [2.45, 2.75) is 19.0 Å². The van der Waals surface area contributed by atoms with E-state index in [1.54, 1.807) is 0 Å². The highest BCUT2D eigenvalue weighted by molar-refractivity contribution is 7.99. The van der Waals surface area contributed by atoms with Crippen molar-refractivity contribution in [2.24, 2.45) is 5.10 Å². The number of hydrazone groups is 1. The third kappa shape index (κ3) is 5.26. The average molecular weight is 332 g/mol. The zero-order valence-corrected chi connectivity index (χ0v) is 13.5. The Labute approximate surface area is 137 Å². The predicted molar refractivity (Wildman–Crippen MR) is 87.7 cm³/mol. The fourth-order valence-corrected chi connectivity index (χ4v) is 2.48. The van der Waals surface area contributed by atoms with Crippen molar-refractivity contribution in [3.63, 3.8) is 0 Å². The van der Waals surface area contributed by atoms with Crippen LogP contribution in [0.3, 0.4) is 0 Å². The topological polar surface area (TPSA) is 108 Å². The van der Waals surface area contributed by atoms with Gasteiger partial charge in [-0.15, -0.1) is 0 Å². The van der Waals surface area contributed by atoms with Gasteiger partial charge >= 0.3 is 0 Å². The van der Waals surface area contributed by atoms with E-state index in [-0.39, 0.29) is 23.2 Å². The standard InChI is InChI=1S/C15H16N4O3S/c1-9-5-10(2)18-15(17-9)23-8-14(22)19-16-7-11-3-4-12(20)6-13(11)21/h3-7,20-21H,8H2,1-2H3,(H,19,22)/b16-7-. The zero-order valence-electron chi connectivity index (χ0n) is 12.6. The molecule has 23 heavy (non-hydrogen) atoms. The summed E-state index contributed by atoms with van der Waals surface area (Å²) in [6, 6.07) is 5.95. The maximum atomic E-state index is 11.7. The van der Waals surface area contributed by atoms with Crippen molar-refractivity contribution < 1.29 is 15.0 Å². The minimum atomic E-state index is -0.313. The summed E-state index contributed by atoms with van der Waals surface area (Å²) >= 11 is 1.22. The molecule has 120 valence electrons. The maximum Gasteiger partial charge on any atom is 0.250 e. The molecule has 0 saturated carbocycles. The molecule has 0 unspecified atom stereocenters. The lowest BCUT2D eigenvalue weighted by Gasteiger charge is -2.02. The molecular weight excluding hydrogens is 316 g/mol. The van der Waals surface area contributed by atoms with Crippen LogP contribution < -0.4 is 5.43 Å². The third-order valence-electron chi connectivity index (χ3n) is 2.70. The average Bonchev–Trinajstić information content (AvgIpc) is 2.46. The SMILES string of the molecule is Cc1cc(C)nc(SCC(=O)N/N=C\c2ccc(O)cc2O)n1. The number of carbonyl (C=O) groups is 1. The Morgan fingerprint density at radius 2 is 1.96 bits per heavy atom. The van der Waals surface area contributed by atoms with Crippen molar-refractivity contribution in [2.75, 3.05) is 5.75 Å². The number of phenols is 2. The van der Waals surface area contributed by atoms with Crippen LogP contribution in [0.15, 0.2) is 34.5 Å². The van der Waals surface area contributed by atoms with E-state index in [9.17, 15) is 15.0 Å². The fraction of sp³-hybridized carbons (Fsp3) is 0.200. The molecule has 0 aliphatic rings. The molecule has 7 nitrogen and oxygen atoms in total. The summed E-state index contributed by atoms with van der Waals surface area (Å²) < 4.78 is 0. The van der Waals surface area contributed by atoms with E-state index in [4.69, 9.17) is 0 Å². The number of nitrogens with one attached hydrogen (secondary N) is 1. The summed E-state index contributed by atoms with van der Waals surface area (Å²) in [6.07, 6.45) is 1.30. The molecule has 0 radical (unpaired) electrons. The second kappa shape index (κ2) is 7.59. The first-order valence-corrected chi connectivity index (χ1v) is 7.71. The number of rotatable bonds is 5. The summed E-state index contributed by atoms with van der Waals surface area (Å²) in [4.78, 5) is 20.2.